The van der Waals surface area contributed by atoms with Crippen molar-refractivity contribution in [2.75, 3.05) is 6.54 Å². The van der Waals surface area contributed by atoms with Gasteiger partial charge in [-0.3, -0.25) is 0 Å². The molecule has 1 aliphatic rings. The Bertz CT molecular complexity index is 594. The van der Waals surface area contributed by atoms with Crippen LogP contribution in [0, 0.1) is 0 Å². The van der Waals surface area contributed by atoms with Gasteiger partial charge < -0.3 is 4.81 Å². The van der Waals surface area contributed by atoms with Crippen molar-refractivity contribution in [1.82, 2.24) is 4.81 Å². The Hall–Kier alpha value is -1.37. The van der Waals surface area contributed by atoms with Crippen LogP contribution in [-0.4, -0.2) is 23.5 Å². The summed E-state index contributed by atoms with van der Waals surface area (Å²) in [4.78, 5) is 2.62. The molecule has 1 nitrogen and oxygen atoms in total. The molecule has 0 saturated carbocycles. The first kappa shape index (κ1) is 15.5. The quantitative estimate of drug-likeness (QED) is 0.615. The molecule has 0 unspecified atom stereocenters. The van der Waals surface area contributed by atoms with E-state index in [0.29, 0.717) is 6.57 Å². The maximum atomic E-state index is 2.62. The fraction of sp³-hybridized carbons (Fsp3) is 0.263. The zero-order chi connectivity index (χ0) is 15.6. The highest BCUT2D eigenvalue weighted by Crippen LogP contribution is 2.42. The van der Waals surface area contributed by atoms with Crippen LogP contribution in [0.1, 0.15) is 20.8 Å². The number of benzene rings is 2. The lowest BCUT2D eigenvalue weighted by Crippen LogP contribution is -2.49. The molecule has 112 valence electrons. The Balaban J connectivity index is 2.05. The molecule has 0 aliphatic carbocycles. The zero-order valence-electron chi connectivity index (χ0n) is 13.6. The van der Waals surface area contributed by atoms with Crippen LogP contribution in [0.25, 0.3) is 0 Å². The molecule has 22 heavy (non-hydrogen) atoms. The average molecular weight is 307 g/mol. The lowest BCUT2D eigenvalue weighted by atomic mass is 9.86. The lowest BCUT2D eigenvalue weighted by molar-refractivity contribution is 0.281. The second kappa shape index (κ2) is 6.40. The Labute approximate surface area is 135 Å². The fourth-order valence-electron chi connectivity index (χ4n) is 3.04. The van der Waals surface area contributed by atoms with E-state index in [2.05, 4.69) is 98.3 Å². The third kappa shape index (κ3) is 3.19. The minimum atomic E-state index is -0.416. The monoisotopic (exact) mass is 307 g/mol. The van der Waals surface area contributed by atoms with E-state index in [-0.39, 0.29) is 5.54 Å². The molecular formula is C19H23BNP. The van der Waals surface area contributed by atoms with Crippen molar-refractivity contribution in [3.63, 3.8) is 0 Å². The molecule has 0 spiro atoms. The fourth-order valence-corrected chi connectivity index (χ4v) is 5.94. The van der Waals surface area contributed by atoms with E-state index in [4.69, 9.17) is 0 Å². The molecule has 0 atom stereocenters. The highest BCUT2D eigenvalue weighted by atomic mass is 31.1. The van der Waals surface area contributed by atoms with Gasteiger partial charge in [0, 0.05) is 12.1 Å². The summed E-state index contributed by atoms with van der Waals surface area (Å²) < 4.78 is 0. The molecule has 0 N–H and O–H groups in total. The lowest BCUT2D eigenvalue weighted by Gasteiger charge is -2.39. The van der Waals surface area contributed by atoms with Crippen molar-refractivity contribution in [1.29, 1.82) is 0 Å². The predicted octanol–water partition coefficient (Wildman–Crippen LogP) is 3.82. The zero-order valence-corrected chi connectivity index (χ0v) is 14.5. The van der Waals surface area contributed by atoms with Gasteiger partial charge in [0.25, 0.3) is 6.57 Å². The second-order valence-corrected chi connectivity index (χ2v) is 9.01. The van der Waals surface area contributed by atoms with E-state index in [0.717, 1.165) is 6.54 Å². The summed E-state index contributed by atoms with van der Waals surface area (Å²) in [5, 5.41) is 2.91. The van der Waals surface area contributed by atoms with Gasteiger partial charge in [0.15, 0.2) is 0 Å². The maximum absolute atomic E-state index is 2.62. The molecule has 0 radical (unpaired) electrons. The Morgan fingerprint density at radius 3 is 1.82 bits per heavy atom. The van der Waals surface area contributed by atoms with Crippen molar-refractivity contribution in [3.8, 4) is 0 Å². The highest BCUT2D eigenvalue weighted by molar-refractivity contribution is 8.01. The summed E-state index contributed by atoms with van der Waals surface area (Å²) in [7, 11) is -0.416. The maximum Gasteiger partial charge on any atom is 0.289 e. The molecule has 1 heterocycles. The largest absolute Gasteiger partial charge is 0.326 e. The van der Waals surface area contributed by atoms with Gasteiger partial charge in [-0.25, -0.2) is 0 Å². The summed E-state index contributed by atoms with van der Waals surface area (Å²) in [6.45, 7) is 8.47. The van der Waals surface area contributed by atoms with E-state index in [1.807, 2.05) is 0 Å². The van der Waals surface area contributed by atoms with Crippen LogP contribution in [0.3, 0.4) is 0 Å². The summed E-state index contributed by atoms with van der Waals surface area (Å²) >= 11 is 0. The number of nitrogens with zero attached hydrogens (tertiary/aromatic N) is 1. The van der Waals surface area contributed by atoms with E-state index >= 15 is 0 Å². The number of hydrogen-bond acceptors (Lipinski definition) is 1. The number of hydrogen-bond donors (Lipinski definition) is 0. The molecule has 0 fully saturated rings. The molecule has 0 amide bonds. The van der Waals surface area contributed by atoms with E-state index < -0.39 is 7.80 Å². The summed E-state index contributed by atoms with van der Waals surface area (Å²) in [6.07, 6.45) is 2.33. The minimum Gasteiger partial charge on any atom is -0.326 e. The third-order valence-electron chi connectivity index (χ3n) is 4.12. The standard InChI is InChI=1S/C19H23BNP/c1-19(2,3)21-16-10-15-20(21)22(17-11-6-4-7-12-17)18-13-8-5-9-14-18/h4-15H,16H2,1-3H3. The molecule has 0 aromatic heterocycles. The molecule has 3 rings (SSSR count). The average Bonchev–Trinajstić information content (AvgIpc) is 2.99. The summed E-state index contributed by atoms with van der Waals surface area (Å²) in [5.74, 6) is 2.41. The van der Waals surface area contributed by atoms with Crippen LogP contribution in [0.4, 0.5) is 0 Å². The van der Waals surface area contributed by atoms with Gasteiger partial charge >= 0.3 is 0 Å². The molecule has 0 saturated heterocycles. The van der Waals surface area contributed by atoms with E-state index in [9.17, 15) is 0 Å². The molecule has 3 heteroatoms. The predicted molar refractivity (Wildman–Crippen MR) is 100 cm³/mol. The van der Waals surface area contributed by atoms with E-state index in [1.165, 1.54) is 10.6 Å². The Morgan fingerprint density at radius 2 is 1.36 bits per heavy atom. The smallest absolute Gasteiger partial charge is 0.289 e. The summed E-state index contributed by atoms with van der Waals surface area (Å²) in [6, 6.07) is 22.0. The Morgan fingerprint density at radius 1 is 0.864 bits per heavy atom. The van der Waals surface area contributed by atoms with Crippen LogP contribution < -0.4 is 10.6 Å². The Kier molecular flexibility index (Phi) is 4.52. The highest BCUT2D eigenvalue weighted by Gasteiger charge is 2.39. The van der Waals surface area contributed by atoms with Crippen molar-refractivity contribution in [3.05, 3.63) is 72.7 Å². The van der Waals surface area contributed by atoms with Gasteiger partial charge in [0.2, 0.25) is 0 Å². The van der Waals surface area contributed by atoms with Gasteiger partial charge in [-0.1, -0.05) is 80.5 Å². The number of rotatable bonds is 3. The first-order valence-electron chi connectivity index (χ1n) is 7.90. The van der Waals surface area contributed by atoms with Crippen LogP contribution in [-0.2, 0) is 0 Å². The minimum absolute atomic E-state index is 0.179. The van der Waals surface area contributed by atoms with Gasteiger partial charge in [-0.15, -0.1) is 0 Å². The molecular weight excluding hydrogens is 284 g/mol. The first-order valence-corrected chi connectivity index (χ1v) is 9.31. The molecule has 2 aromatic carbocycles. The third-order valence-corrected chi connectivity index (χ3v) is 6.81. The van der Waals surface area contributed by atoms with Crippen molar-refractivity contribution in [2.24, 2.45) is 0 Å². The van der Waals surface area contributed by atoms with Crippen molar-refractivity contribution in [2.45, 2.75) is 26.3 Å². The summed E-state index contributed by atoms with van der Waals surface area (Å²) in [5.41, 5.74) is 0.179. The van der Waals surface area contributed by atoms with E-state index in [1.54, 1.807) is 0 Å². The normalized spacial score (nSPS) is 15.7. The van der Waals surface area contributed by atoms with Crippen molar-refractivity contribution < 1.29 is 0 Å². The van der Waals surface area contributed by atoms with Crippen LogP contribution in [0.5, 0.6) is 0 Å². The molecule has 0 bridgehead atoms. The van der Waals surface area contributed by atoms with Gasteiger partial charge in [-0.2, -0.15) is 0 Å². The van der Waals surface area contributed by atoms with Crippen LogP contribution in [0.15, 0.2) is 72.7 Å². The SMILES string of the molecule is CC(C)(C)N1CC=CB1P(c1ccccc1)c1ccccc1. The van der Waals surface area contributed by atoms with Crippen molar-refractivity contribution >= 4 is 25.0 Å². The van der Waals surface area contributed by atoms with Gasteiger partial charge in [0.1, 0.15) is 0 Å². The second-order valence-electron chi connectivity index (χ2n) is 6.71. The molecule has 2 aromatic rings. The first-order chi connectivity index (χ1) is 10.6. The topological polar surface area (TPSA) is 3.24 Å². The van der Waals surface area contributed by atoms with Gasteiger partial charge in [0.05, 0.1) is 0 Å². The van der Waals surface area contributed by atoms with Gasteiger partial charge in [-0.05, 0) is 31.4 Å². The van der Waals surface area contributed by atoms with Crippen LogP contribution >= 0.6 is 7.80 Å². The molecule has 1 aliphatic heterocycles. The van der Waals surface area contributed by atoms with Crippen LogP contribution in [0.2, 0.25) is 0 Å².